The predicted molar refractivity (Wildman–Crippen MR) is 50.1 cm³/mol. The molecule has 4 nitrogen and oxygen atoms in total. The average Bonchev–Trinajstić information content (AvgIpc) is 2.15. The smallest absolute Gasteiger partial charge is 0.258 e. The average molecular weight is 237 g/mol. The summed E-state index contributed by atoms with van der Waals surface area (Å²) in [5.41, 5.74) is -0.777. The van der Waals surface area contributed by atoms with Crippen molar-refractivity contribution in [2.75, 3.05) is 0 Å². The van der Waals surface area contributed by atoms with E-state index in [1.54, 1.807) is 0 Å². The molecule has 0 saturated carbocycles. The largest absolute Gasteiger partial charge is 0.294 e. The lowest BCUT2D eigenvalue weighted by Gasteiger charge is -2.05. The topological polar surface area (TPSA) is 56.0 Å². The van der Waals surface area contributed by atoms with Crippen LogP contribution in [-0.2, 0) is 5.88 Å². The Labute approximate surface area is 89.0 Å². The second-order valence-corrected chi connectivity index (χ2v) is 3.12. The van der Waals surface area contributed by atoms with Gasteiger partial charge in [0.2, 0.25) is 0 Å². The van der Waals surface area contributed by atoms with E-state index in [2.05, 4.69) is 4.98 Å². The normalized spacial score (nSPS) is 10.7. The molecular weight excluding hydrogens is 230 g/mol. The minimum absolute atomic E-state index is 0.128. The molecule has 0 saturated heterocycles. The maximum absolute atomic E-state index is 12.3. The highest BCUT2D eigenvalue weighted by molar-refractivity contribution is 6.17. The molecule has 0 aliphatic heterocycles. The van der Waals surface area contributed by atoms with Crippen molar-refractivity contribution >= 4 is 17.3 Å². The van der Waals surface area contributed by atoms with E-state index in [1.807, 2.05) is 0 Å². The number of aromatic nitrogens is 1. The van der Waals surface area contributed by atoms with Gasteiger partial charge < -0.3 is 0 Å². The van der Waals surface area contributed by atoms with Gasteiger partial charge in [0.15, 0.2) is 0 Å². The van der Waals surface area contributed by atoms with Crippen molar-refractivity contribution in [1.29, 1.82) is 0 Å². The van der Waals surface area contributed by atoms with Crippen molar-refractivity contribution in [2.45, 2.75) is 19.2 Å². The second kappa shape index (κ2) is 4.48. The third-order valence-electron chi connectivity index (χ3n) is 1.81. The van der Waals surface area contributed by atoms with Crippen molar-refractivity contribution in [3.05, 3.63) is 33.1 Å². The molecule has 0 amide bonds. The van der Waals surface area contributed by atoms with Gasteiger partial charge in [0.05, 0.1) is 10.8 Å². The summed E-state index contributed by atoms with van der Waals surface area (Å²) < 4.78 is 24.6. The van der Waals surface area contributed by atoms with Crippen LogP contribution in [0.25, 0.3) is 0 Å². The van der Waals surface area contributed by atoms with Crippen LogP contribution in [0.3, 0.4) is 0 Å². The molecule has 1 aromatic rings. The van der Waals surface area contributed by atoms with Gasteiger partial charge in [0.25, 0.3) is 12.1 Å². The fourth-order valence-corrected chi connectivity index (χ4v) is 1.40. The molecule has 1 aromatic heterocycles. The highest BCUT2D eigenvalue weighted by atomic mass is 35.5. The van der Waals surface area contributed by atoms with Crippen LogP contribution in [0.2, 0.25) is 0 Å². The maximum atomic E-state index is 12.3. The monoisotopic (exact) mass is 236 g/mol. The van der Waals surface area contributed by atoms with Crippen molar-refractivity contribution in [3.63, 3.8) is 0 Å². The van der Waals surface area contributed by atoms with E-state index in [0.717, 1.165) is 6.07 Å². The lowest BCUT2D eigenvalue weighted by atomic mass is 10.1. The second-order valence-electron chi connectivity index (χ2n) is 2.85. The molecule has 1 rings (SSSR count). The van der Waals surface area contributed by atoms with Crippen LogP contribution in [0, 0.1) is 17.0 Å². The van der Waals surface area contributed by atoms with Crippen LogP contribution in [0.5, 0.6) is 0 Å². The van der Waals surface area contributed by atoms with Crippen molar-refractivity contribution in [3.8, 4) is 0 Å². The van der Waals surface area contributed by atoms with Gasteiger partial charge in [-0.3, -0.25) is 10.1 Å². The summed E-state index contributed by atoms with van der Waals surface area (Å²) in [7, 11) is 0. The van der Waals surface area contributed by atoms with Crippen molar-refractivity contribution < 1.29 is 13.7 Å². The van der Waals surface area contributed by atoms with E-state index in [1.165, 1.54) is 6.92 Å². The summed E-state index contributed by atoms with van der Waals surface area (Å²) >= 11 is 5.41. The SMILES string of the molecule is Cc1cc(C(F)F)nc(CCl)c1[N+](=O)[O-]. The zero-order chi connectivity index (χ0) is 11.6. The number of alkyl halides is 3. The van der Waals surface area contributed by atoms with Crippen molar-refractivity contribution in [1.82, 2.24) is 4.98 Å². The Morgan fingerprint density at radius 3 is 2.67 bits per heavy atom. The molecular formula is C8H7ClF2N2O2. The number of nitro groups is 1. The van der Waals surface area contributed by atoms with Crippen LogP contribution < -0.4 is 0 Å². The number of aryl methyl sites for hydroxylation is 1. The molecule has 82 valence electrons. The first-order valence-corrected chi connectivity index (χ1v) is 4.49. The number of nitrogens with zero attached hydrogens (tertiary/aromatic N) is 2. The number of halogens is 3. The zero-order valence-corrected chi connectivity index (χ0v) is 8.46. The fourth-order valence-electron chi connectivity index (χ4n) is 1.21. The molecule has 0 aliphatic carbocycles. The Morgan fingerprint density at radius 2 is 2.27 bits per heavy atom. The minimum atomic E-state index is -2.76. The lowest BCUT2D eigenvalue weighted by molar-refractivity contribution is -0.386. The first kappa shape index (κ1) is 11.8. The summed E-state index contributed by atoms with van der Waals surface area (Å²) in [6, 6.07) is 0.999. The first-order valence-electron chi connectivity index (χ1n) is 3.96. The highest BCUT2D eigenvalue weighted by Crippen LogP contribution is 2.27. The summed E-state index contributed by atoms with van der Waals surface area (Å²) in [5, 5.41) is 10.6. The predicted octanol–water partition coefficient (Wildman–Crippen LogP) is 2.97. The van der Waals surface area contributed by atoms with Gasteiger partial charge >= 0.3 is 0 Å². The molecule has 0 radical (unpaired) electrons. The van der Waals surface area contributed by atoms with Gasteiger partial charge in [0.1, 0.15) is 11.4 Å². The molecule has 0 N–H and O–H groups in total. The van der Waals surface area contributed by atoms with Crippen molar-refractivity contribution in [2.24, 2.45) is 0 Å². The Hall–Kier alpha value is -1.30. The van der Waals surface area contributed by atoms with Gasteiger partial charge in [-0.25, -0.2) is 13.8 Å². The number of pyridine rings is 1. The van der Waals surface area contributed by atoms with E-state index >= 15 is 0 Å². The standard InChI is InChI=1S/C8H7ClF2N2O2/c1-4-2-5(8(10)11)12-6(3-9)7(4)13(14)15/h2,8H,3H2,1H3. The summed E-state index contributed by atoms with van der Waals surface area (Å²) in [6.45, 7) is 1.38. The van der Waals surface area contributed by atoms with E-state index in [9.17, 15) is 18.9 Å². The van der Waals surface area contributed by atoms with E-state index in [-0.39, 0.29) is 22.8 Å². The molecule has 0 fully saturated rings. The highest BCUT2D eigenvalue weighted by Gasteiger charge is 2.22. The Kier molecular flexibility index (Phi) is 3.52. The van der Waals surface area contributed by atoms with Crippen LogP contribution in [0.1, 0.15) is 23.4 Å². The lowest BCUT2D eigenvalue weighted by Crippen LogP contribution is -2.03. The Balaban J connectivity index is 3.37. The summed E-state index contributed by atoms with van der Waals surface area (Å²) in [4.78, 5) is 13.4. The third-order valence-corrected chi connectivity index (χ3v) is 2.06. The van der Waals surface area contributed by atoms with Gasteiger partial charge in [-0.2, -0.15) is 0 Å². The molecule has 0 aliphatic rings. The molecule has 0 bridgehead atoms. The van der Waals surface area contributed by atoms with Crippen LogP contribution in [0.15, 0.2) is 6.07 Å². The first-order chi connectivity index (χ1) is 6.97. The van der Waals surface area contributed by atoms with Gasteiger partial charge in [-0.1, -0.05) is 0 Å². The molecule has 0 aromatic carbocycles. The van der Waals surface area contributed by atoms with Crippen LogP contribution in [0.4, 0.5) is 14.5 Å². The molecule has 15 heavy (non-hydrogen) atoms. The summed E-state index contributed by atoms with van der Waals surface area (Å²) in [6.07, 6.45) is -2.76. The van der Waals surface area contributed by atoms with Crippen LogP contribution in [-0.4, -0.2) is 9.91 Å². The number of hydrogen-bond donors (Lipinski definition) is 0. The van der Waals surface area contributed by atoms with Crippen LogP contribution >= 0.6 is 11.6 Å². The number of hydrogen-bond acceptors (Lipinski definition) is 3. The fraction of sp³-hybridized carbons (Fsp3) is 0.375. The molecule has 0 atom stereocenters. The van der Waals surface area contributed by atoms with Gasteiger partial charge in [-0.05, 0) is 13.0 Å². The number of rotatable bonds is 3. The Morgan fingerprint density at radius 1 is 1.67 bits per heavy atom. The molecule has 7 heteroatoms. The Bertz CT molecular complexity index is 398. The minimum Gasteiger partial charge on any atom is -0.258 e. The van der Waals surface area contributed by atoms with Gasteiger partial charge in [0, 0.05) is 5.56 Å². The molecule has 0 spiro atoms. The third kappa shape index (κ3) is 2.38. The maximum Gasteiger partial charge on any atom is 0.294 e. The van der Waals surface area contributed by atoms with Gasteiger partial charge in [-0.15, -0.1) is 11.6 Å². The van der Waals surface area contributed by atoms with E-state index < -0.39 is 17.0 Å². The zero-order valence-electron chi connectivity index (χ0n) is 7.71. The molecule has 1 heterocycles. The van der Waals surface area contributed by atoms with E-state index in [0.29, 0.717) is 0 Å². The quantitative estimate of drug-likeness (QED) is 0.461. The summed E-state index contributed by atoms with van der Waals surface area (Å²) in [5.74, 6) is -0.266. The van der Waals surface area contributed by atoms with E-state index in [4.69, 9.17) is 11.6 Å². The molecule has 0 unspecified atom stereocenters.